The first-order valence-electron chi connectivity index (χ1n) is 7.21. The third-order valence-electron chi connectivity index (χ3n) is 3.47. The molecule has 0 aliphatic carbocycles. The largest absolute Gasteiger partial charge is 0.382 e. The molecule has 2 N–H and O–H groups in total. The fraction of sp³-hybridized carbons (Fsp3) is 0.562. The van der Waals surface area contributed by atoms with Crippen molar-refractivity contribution in [2.75, 3.05) is 12.4 Å². The van der Waals surface area contributed by atoms with Crippen molar-refractivity contribution in [1.29, 1.82) is 0 Å². The SMILES string of the molecule is CCCCC(CC)Nc1ccc(C(=O)NC)cc1C. The quantitative estimate of drug-likeness (QED) is 0.786. The molecule has 0 spiro atoms. The van der Waals surface area contributed by atoms with Crippen molar-refractivity contribution in [2.24, 2.45) is 0 Å². The highest BCUT2D eigenvalue weighted by Crippen LogP contribution is 2.20. The summed E-state index contributed by atoms with van der Waals surface area (Å²) in [6.07, 6.45) is 4.80. The van der Waals surface area contributed by atoms with Crippen molar-refractivity contribution in [3.63, 3.8) is 0 Å². The number of rotatable bonds is 7. The van der Waals surface area contributed by atoms with E-state index in [-0.39, 0.29) is 5.91 Å². The molecule has 0 aliphatic heterocycles. The molecule has 19 heavy (non-hydrogen) atoms. The number of unbranched alkanes of at least 4 members (excludes halogenated alkanes) is 1. The normalized spacial score (nSPS) is 12.0. The first kappa shape index (κ1) is 15.5. The van der Waals surface area contributed by atoms with Crippen LogP contribution in [0.4, 0.5) is 5.69 Å². The molecule has 0 saturated carbocycles. The van der Waals surface area contributed by atoms with Gasteiger partial charge in [-0.3, -0.25) is 4.79 Å². The first-order valence-corrected chi connectivity index (χ1v) is 7.21. The molecule has 0 bridgehead atoms. The number of carbonyl (C=O) groups excluding carboxylic acids is 1. The van der Waals surface area contributed by atoms with E-state index < -0.39 is 0 Å². The highest BCUT2D eigenvalue weighted by molar-refractivity contribution is 5.94. The standard InChI is InChI=1S/C16H26N2O/c1-5-7-8-14(6-2)18-15-10-9-13(11-12(15)3)16(19)17-4/h9-11,14,18H,5-8H2,1-4H3,(H,17,19). The first-order chi connectivity index (χ1) is 9.12. The molecule has 1 amide bonds. The van der Waals surface area contributed by atoms with Gasteiger partial charge < -0.3 is 10.6 Å². The molecule has 0 heterocycles. The summed E-state index contributed by atoms with van der Waals surface area (Å²) in [5, 5.41) is 6.23. The van der Waals surface area contributed by atoms with Crippen LogP contribution in [0.3, 0.4) is 0 Å². The van der Waals surface area contributed by atoms with E-state index in [0.717, 1.165) is 17.7 Å². The Morgan fingerprint density at radius 2 is 2.05 bits per heavy atom. The van der Waals surface area contributed by atoms with Crippen LogP contribution in [-0.2, 0) is 0 Å². The fourth-order valence-corrected chi connectivity index (χ4v) is 2.16. The van der Waals surface area contributed by atoms with Gasteiger partial charge in [0, 0.05) is 24.3 Å². The van der Waals surface area contributed by atoms with Gasteiger partial charge in [-0.2, -0.15) is 0 Å². The second kappa shape index (κ2) is 7.82. The summed E-state index contributed by atoms with van der Waals surface area (Å²) in [6, 6.07) is 6.34. The van der Waals surface area contributed by atoms with Crippen molar-refractivity contribution in [2.45, 2.75) is 52.5 Å². The Balaban J connectivity index is 2.75. The van der Waals surface area contributed by atoms with E-state index in [0.29, 0.717) is 11.6 Å². The summed E-state index contributed by atoms with van der Waals surface area (Å²) >= 11 is 0. The average molecular weight is 262 g/mol. The zero-order valence-corrected chi connectivity index (χ0v) is 12.5. The molecule has 1 aromatic carbocycles. The van der Waals surface area contributed by atoms with Gasteiger partial charge in [0.1, 0.15) is 0 Å². The molecule has 3 nitrogen and oxygen atoms in total. The van der Waals surface area contributed by atoms with Crippen LogP contribution in [0.2, 0.25) is 0 Å². The van der Waals surface area contributed by atoms with E-state index in [4.69, 9.17) is 0 Å². The molecular weight excluding hydrogens is 236 g/mol. The molecule has 1 atom stereocenters. The van der Waals surface area contributed by atoms with Gasteiger partial charge in [0.05, 0.1) is 0 Å². The maximum Gasteiger partial charge on any atom is 0.251 e. The zero-order chi connectivity index (χ0) is 14.3. The summed E-state index contributed by atoms with van der Waals surface area (Å²) in [4.78, 5) is 11.6. The molecule has 0 radical (unpaired) electrons. The minimum atomic E-state index is -0.0346. The van der Waals surface area contributed by atoms with Gasteiger partial charge in [0.2, 0.25) is 0 Å². The molecule has 3 heteroatoms. The zero-order valence-electron chi connectivity index (χ0n) is 12.5. The van der Waals surface area contributed by atoms with Crippen molar-refractivity contribution in [3.8, 4) is 0 Å². The minimum Gasteiger partial charge on any atom is -0.382 e. The number of hydrogen-bond acceptors (Lipinski definition) is 2. The number of carbonyl (C=O) groups is 1. The fourth-order valence-electron chi connectivity index (χ4n) is 2.16. The summed E-state index contributed by atoms with van der Waals surface area (Å²) < 4.78 is 0. The van der Waals surface area contributed by atoms with E-state index in [1.807, 2.05) is 25.1 Å². The van der Waals surface area contributed by atoms with E-state index in [9.17, 15) is 4.79 Å². The van der Waals surface area contributed by atoms with Gasteiger partial charge in [-0.15, -0.1) is 0 Å². The van der Waals surface area contributed by atoms with Crippen molar-refractivity contribution in [3.05, 3.63) is 29.3 Å². The molecule has 1 unspecified atom stereocenters. The third kappa shape index (κ3) is 4.58. The van der Waals surface area contributed by atoms with Crippen molar-refractivity contribution >= 4 is 11.6 Å². The van der Waals surface area contributed by atoms with Crippen LogP contribution in [0.15, 0.2) is 18.2 Å². The average Bonchev–Trinajstić information content (AvgIpc) is 2.44. The maximum atomic E-state index is 11.6. The van der Waals surface area contributed by atoms with Gasteiger partial charge in [0.15, 0.2) is 0 Å². The van der Waals surface area contributed by atoms with Crippen molar-refractivity contribution in [1.82, 2.24) is 5.32 Å². The Kier molecular flexibility index (Phi) is 6.40. The van der Waals surface area contributed by atoms with Gasteiger partial charge in [-0.25, -0.2) is 0 Å². The van der Waals surface area contributed by atoms with Crippen LogP contribution in [0.1, 0.15) is 55.5 Å². The molecule has 1 aromatic rings. The Morgan fingerprint density at radius 1 is 1.32 bits per heavy atom. The maximum absolute atomic E-state index is 11.6. The summed E-state index contributed by atoms with van der Waals surface area (Å²) in [5.74, 6) is -0.0346. The van der Waals surface area contributed by atoms with Crippen molar-refractivity contribution < 1.29 is 4.79 Å². The predicted molar refractivity (Wildman–Crippen MR) is 81.8 cm³/mol. The van der Waals surface area contributed by atoms with Crippen LogP contribution in [0.25, 0.3) is 0 Å². The lowest BCUT2D eigenvalue weighted by atomic mass is 10.0. The van der Waals surface area contributed by atoms with Crippen LogP contribution in [-0.4, -0.2) is 19.0 Å². The molecule has 0 aliphatic rings. The van der Waals surface area contributed by atoms with E-state index >= 15 is 0 Å². The van der Waals surface area contributed by atoms with Gasteiger partial charge in [-0.05, 0) is 43.5 Å². The Labute approximate surface area is 116 Å². The molecule has 1 rings (SSSR count). The Hall–Kier alpha value is -1.51. The summed E-state index contributed by atoms with van der Waals surface area (Å²) in [5.41, 5.74) is 2.97. The molecule has 0 fully saturated rings. The lowest BCUT2D eigenvalue weighted by Gasteiger charge is -2.20. The summed E-state index contributed by atoms with van der Waals surface area (Å²) in [7, 11) is 1.65. The monoisotopic (exact) mass is 262 g/mol. The minimum absolute atomic E-state index is 0.0346. The van der Waals surface area contributed by atoms with Crippen LogP contribution in [0.5, 0.6) is 0 Å². The highest BCUT2D eigenvalue weighted by atomic mass is 16.1. The lowest BCUT2D eigenvalue weighted by Crippen LogP contribution is -2.20. The van der Waals surface area contributed by atoms with Gasteiger partial charge in [-0.1, -0.05) is 26.7 Å². The lowest BCUT2D eigenvalue weighted by molar-refractivity contribution is 0.0963. The molecule has 0 saturated heterocycles. The number of aryl methyl sites for hydroxylation is 1. The topological polar surface area (TPSA) is 41.1 Å². The number of nitrogens with one attached hydrogen (secondary N) is 2. The number of benzene rings is 1. The van der Waals surface area contributed by atoms with E-state index in [2.05, 4.69) is 24.5 Å². The molecular formula is C16H26N2O. The Bertz CT molecular complexity index is 415. The highest BCUT2D eigenvalue weighted by Gasteiger charge is 2.09. The van der Waals surface area contributed by atoms with Crippen LogP contribution in [0, 0.1) is 6.92 Å². The molecule has 0 aromatic heterocycles. The third-order valence-corrected chi connectivity index (χ3v) is 3.47. The van der Waals surface area contributed by atoms with E-state index in [1.54, 1.807) is 7.05 Å². The number of anilines is 1. The van der Waals surface area contributed by atoms with Crippen LogP contribution >= 0.6 is 0 Å². The second-order valence-electron chi connectivity index (χ2n) is 5.00. The Morgan fingerprint density at radius 3 is 2.58 bits per heavy atom. The van der Waals surface area contributed by atoms with E-state index in [1.165, 1.54) is 19.3 Å². The summed E-state index contributed by atoms with van der Waals surface area (Å²) in [6.45, 7) is 6.47. The van der Waals surface area contributed by atoms with Gasteiger partial charge in [0.25, 0.3) is 5.91 Å². The number of hydrogen-bond donors (Lipinski definition) is 2. The predicted octanol–water partition coefficient (Wildman–Crippen LogP) is 3.74. The van der Waals surface area contributed by atoms with Crippen LogP contribution < -0.4 is 10.6 Å². The second-order valence-corrected chi connectivity index (χ2v) is 5.00. The van der Waals surface area contributed by atoms with Gasteiger partial charge >= 0.3 is 0 Å². The smallest absolute Gasteiger partial charge is 0.251 e. The molecule has 106 valence electrons. The number of amides is 1.